The van der Waals surface area contributed by atoms with Crippen LogP contribution in [0.1, 0.15) is 12.0 Å². The van der Waals surface area contributed by atoms with Crippen LogP contribution in [0.4, 0.5) is 0 Å². The zero-order valence-electron chi connectivity index (χ0n) is 8.00. The zero-order chi connectivity index (χ0) is 9.10. The lowest BCUT2D eigenvalue weighted by atomic mass is 9.99. The molecule has 0 aromatic heterocycles. The number of hydrogen-bond donors (Lipinski definition) is 1. The van der Waals surface area contributed by atoms with Gasteiger partial charge in [-0.25, -0.2) is 0 Å². The van der Waals surface area contributed by atoms with Gasteiger partial charge in [-0.2, -0.15) is 0 Å². The Morgan fingerprint density at radius 1 is 1.29 bits per heavy atom. The van der Waals surface area contributed by atoms with Crippen molar-refractivity contribution in [3.8, 4) is 0 Å². The Bertz CT molecular complexity index is 265. The zero-order valence-corrected chi connectivity index (χ0v) is 9.57. The van der Waals surface area contributed by atoms with Gasteiger partial charge in [0.05, 0.1) is 0 Å². The summed E-state index contributed by atoms with van der Waals surface area (Å²) in [5, 5.41) is 4.21. The summed E-state index contributed by atoms with van der Waals surface area (Å²) in [7, 11) is 0. The van der Waals surface area contributed by atoms with Crippen LogP contribution in [-0.2, 0) is 6.42 Å². The van der Waals surface area contributed by atoms with Gasteiger partial charge >= 0.3 is 0 Å². The molecular formula is C11H15Cl2N. The van der Waals surface area contributed by atoms with Gasteiger partial charge in [0.25, 0.3) is 0 Å². The smallest absolute Gasteiger partial charge is 0.0406 e. The molecule has 0 aliphatic carbocycles. The average Bonchev–Trinajstić information content (AvgIpc) is 2.62. The van der Waals surface area contributed by atoms with Crippen molar-refractivity contribution in [3.05, 3.63) is 34.9 Å². The fourth-order valence-corrected chi connectivity index (χ4v) is 1.97. The van der Waals surface area contributed by atoms with Gasteiger partial charge < -0.3 is 5.32 Å². The predicted molar refractivity (Wildman–Crippen MR) is 63.4 cm³/mol. The third kappa shape index (κ3) is 3.16. The van der Waals surface area contributed by atoms with E-state index in [9.17, 15) is 0 Å². The van der Waals surface area contributed by atoms with E-state index in [1.165, 1.54) is 31.5 Å². The first-order chi connectivity index (χ1) is 6.34. The molecule has 0 bridgehead atoms. The molecule has 1 nitrogen and oxygen atoms in total. The summed E-state index contributed by atoms with van der Waals surface area (Å²) >= 11 is 5.82. The van der Waals surface area contributed by atoms with E-state index in [4.69, 9.17) is 11.6 Å². The summed E-state index contributed by atoms with van der Waals surface area (Å²) in [4.78, 5) is 0. The van der Waals surface area contributed by atoms with Crippen LogP contribution in [0.15, 0.2) is 24.3 Å². The second-order valence-corrected chi connectivity index (χ2v) is 4.13. The molecule has 0 spiro atoms. The Balaban J connectivity index is 0.000000980. The van der Waals surface area contributed by atoms with Crippen LogP contribution in [0, 0.1) is 5.92 Å². The molecule has 1 saturated heterocycles. The largest absolute Gasteiger partial charge is 0.316 e. The maximum absolute atomic E-state index is 5.82. The van der Waals surface area contributed by atoms with Crippen molar-refractivity contribution in [2.24, 2.45) is 5.92 Å². The molecule has 1 aliphatic rings. The number of benzene rings is 1. The van der Waals surface area contributed by atoms with E-state index in [1.54, 1.807) is 0 Å². The van der Waals surface area contributed by atoms with E-state index < -0.39 is 0 Å². The molecule has 1 N–H and O–H groups in total. The third-order valence-electron chi connectivity index (χ3n) is 2.60. The Labute approximate surface area is 96.3 Å². The van der Waals surface area contributed by atoms with E-state index in [0.717, 1.165) is 10.9 Å². The van der Waals surface area contributed by atoms with Gasteiger partial charge in [-0.1, -0.05) is 23.7 Å². The molecule has 1 aliphatic heterocycles. The Morgan fingerprint density at radius 3 is 2.57 bits per heavy atom. The lowest BCUT2D eigenvalue weighted by molar-refractivity contribution is 0.580. The summed E-state index contributed by atoms with van der Waals surface area (Å²) in [6.45, 7) is 2.35. The van der Waals surface area contributed by atoms with Gasteiger partial charge in [0.15, 0.2) is 0 Å². The summed E-state index contributed by atoms with van der Waals surface area (Å²) < 4.78 is 0. The van der Waals surface area contributed by atoms with Gasteiger partial charge in [0.2, 0.25) is 0 Å². The lowest BCUT2D eigenvalue weighted by Crippen LogP contribution is -2.10. The first-order valence-electron chi connectivity index (χ1n) is 4.80. The molecule has 1 aromatic carbocycles. The molecule has 1 fully saturated rings. The van der Waals surface area contributed by atoms with Crippen LogP contribution < -0.4 is 5.32 Å². The SMILES string of the molecule is Cl.Clc1ccc(CC2CCNC2)cc1. The number of halogens is 2. The molecule has 0 amide bonds. The van der Waals surface area contributed by atoms with Gasteiger partial charge in [-0.15, -0.1) is 12.4 Å². The van der Waals surface area contributed by atoms with Crippen molar-refractivity contribution in [2.75, 3.05) is 13.1 Å². The Hall–Kier alpha value is -0.240. The van der Waals surface area contributed by atoms with Crippen LogP contribution in [0.5, 0.6) is 0 Å². The van der Waals surface area contributed by atoms with Crippen molar-refractivity contribution in [2.45, 2.75) is 12.8 Å². The van der Waals surface area contributed by atoms with Crippen LogP contribution in [-0.4, -0.2) is 13.1 Å². The van der Waals surface area contributed by atoms with E-state index in [-0.39, 0.29) is 12.4 Å². The first kappa shape index (κ1) is 11.8. The summed E-state index contributed by atoms with van der Waals surface area (Å²) in [6.07, 6.45) is 2.49. The Kier molecular flexibility index (Phi) is 4.73. The second kappa shape index (κ2) is 5.59. The normalized spacial score (nSPS) is 20.5. The van der Waals surface area contributed by atoms with Crippen molar-refractivity contribution in [3.63, 3.8) is 0 Å². The van der Waals surface area contributed by atoms with Gasteiger partial charge in [0.1, 0.15) is 0 Å². The molecule has 78 valence electrons. The van der Waals surface area contributed by atoms with Gasteiger partial charge in [-0.3, -0.25) is 0 Å². The highest BCUT2D eigenvalue weighted by atomic mass is 35.5. The molecule has 14 heavy (non-hydrogen) atoms. The van der Waals surface area contributed by atoms with Crippen LogP contribution in [0.3, 0.4) is 0 Å². The Morgan fingerprint density at radius 2 is 2.00 bits per heavy atom. The number of rotatable bonds is 2. The van der Waals surface area contributed by atoms with Crippen molar-refractivity contribution < 1.29 is 0 Å². The predicted octanol–water partition coefficient (Wildman–Crippen LogP) is 2.91. The highest BCUT2D eigenvalue weighted by Gasteiger charge is 2.14. The first-order valence-corrected chi connectivity index (χ1v) is 5.17. The van der Waals surface area contributed by atoms with E-state index in [2.05, 4.69) is 17.4 Å². The second-order valence-electron chi connectivity index (χ2n) is 3.69. The average molecular weight is 232 g/mol. The van der Waals surface area contributed by atoms with Crippen LogP contribution >= 0.6 is 24.0 Å². The minimum Gasteiger partial charge on any atom is -0.316 e. The van der Waals surface area contributed by atoms with Crippen molar-refractivity contribution in [1.29, 1.82) is 0 Å². The summed E-state index contributed by atoms with van der Waals surface area (Å²) in [5.41, 5.74) is 1.40. The maximum atomic E-state index is 5.82. The molecule has 1 atom stereocenters. The molecule has 1 unspecified atom stereocenters. The highest BCUT2D eigenvalue weighted by Crippen LogP contribution is 2.16. The van der Waals surface area contributed by atoms with Crippen LogP contribution in [0.25, 0.3) is 0 Å². The molecule has 0 radical (unpaired) electrons. The molecule has 1 heterocycles. The van der Waals surface area contributed by atoms with E-state index in [1.807, 2.05) is 12.1 Å². The van der Waals surface area contributed by atoms with Crippen molar-refractivity contribution in [1.82, 2.24) is 5.32 Å². The lowest BCUT2D eigenvalue weighted by Gasteiger charge is -2.07. The minimum atomic E-state index is 0. The standard InChI is InChI=1S/C11H14ClN.ClH/c12-11-3-1-9(2-4-11)7-10-5-6-13-8-10;/h1-4,10,13H,5-8H2;1H. The fraction of sp³-hybridized carbons (Fsp3) is 0.455. The van der Waals surface area contributed by atoms with Crippen molar-refractivity contribution >= 4 is 24.0 Å². The van der Waals surface area contributed by atoms with Gasteiger partial charge in [-0.05, 0) is 49.5 Å². The van der Waals surface area contributed by atoms with Crippen LogP contribution in [0.2, 0.25) is 5.02 Å². The summed E-state index contributed by atoms with van der Waals surface area (Å²) in [5.74, 6) is 0.821. The molecule has 2 rings (SSSR count). The third-order valence-corrected chi connectivity index (χ3v) is 2.85. The monoisotopic (exact) mass is 231 g/mol. The fourth-order valence-electron chi connectivity index (χ4n) is 1.84. The highest BCUT2D eigenvalue weighted by molar-refractivity contribution is 6.30. The summed E-state index contributed by atoms with van der Waals surface area (Å²) in [6, 6.07) is 8.19. The molecule has 1 aromatic rings. The van der Waals surface area contributed by atoms with E-state index >= 15 is 0 Å². The minimum absolute atomic E-state index is 0. The molecular weight excluding hydrogens is 217 g/mol. The van der Waals surface area contributed by atoms with E-state index in [0.29, 0.717) is 0 Å². The number of nitrogens with one attached hydrogen (secondary N) is 1. The maximum Gasteiger partial charge on any atom is 0.0406 e. The molecule has 0 saturated carbocycles. The quantitative estimate of drug-likeness (QED) is 0.826. The molecule has 3 heteroatoms. The number of hydrogen-bond acceptors (Lipinski definition) is 1. The van der Waals surface area contributed by atoms with Gasteiger partial charge in [0, 0.05) is 5.02 Å². The topological polar surface area (TPSA) is 12.0 Å².